The Hall–Kier alpha value is -3.65. The molecule has 0 spiro atoms. The number of hydrogen-bond acceptors (Lipinski definition) is 6. The molecule has 178 valence electrons. The van der Waals surface area contributed by atoms with E-state index < -0.39 is 6.04 Å². The third-order valence-corrected chi connectivity index (χ3v) is 7.55. The molecule has 1 aromatic heterocycles. The van der Waals surface area contributed by atoms with E-state index in [1.54, 1.807) is 17.3 Å². The molecular weight excluding hydrogens is 442 g/mol. The number of likely N-dealkylation sites (tertiary alicyclic amines) is 1. The molecule has 0 aliphatic carbocycles. The Morgan fingerprint density at radius 2 is 1.71 bits per heavy atom. The molecule has 6 rings (SSSR count). The van der Waals surface area contributed by atoms with E-state index >= 15 is 0 Å². The van der Waals surface area contributed by atoms with Crippen molar-refractivity contribution in [2.24, 2.45) is 0 Å². The van der Waals surface area contributed by atoms with Crippen LogP contribution in [-0.2, 0) is 22.7 Å². The maximum Gasteiger partial charge on any atom is 0.255 e. The number of hydrogen-bond donors (Lipinski definition) is 1. The molecule has 1 atom stereocenters. The van der Waals surface area contributed by atoms with Crippen LogP contribution in [0.2, 0.25) is 0 Å². The average Bonchev–Trinajstić information content (AvgIpc) is 3.20. The quantitative estimate of drug-likeness (QED) is 0.591. The van der Waals surface area contributed by atoms with Gasteiger partial charge in [-0.05, 0) is 73.2 Å². The zero-order chi connectivity index (χ0) is 23.9. The van der Waals surface area contributed by atoms with Gasteiger partial charge >= 0.3 is 0 Å². The first-order valence-electron chi connectivity index (χ1n) is 12.2. The highest BCUT2D eigenvalue weighted by molar-refractivity contribution is 6.05. The van der Waals surface area contributed by atoms with Crippen molar-refractivity contribution < 1.29 is 14.4 Å². The highest BCUT2D eigenvalue weighted by Gasteiger charge is 2.39. The molecule has 3 aliphatic rings. The van der Waals surface area contributed by atoms with Crippen LogP contribution in [0.1, 0.15) is 58.6 Å². The zero-order valence-electron chi connectivity index (χ0n) is 19.4. The second-order valence-corrected chi connectivity index (χ2v) is 9.75. The van der Waals surface area contributed by atoms with Crippen LogP contribution in [0.15, 0.2) is 48.8 Å². The third kappa shape index (κ3) is 4.18. The number of nitrogens with zero attached hydrogens (tertiary/aromatic N) is 4. The van der Waals surface area contributed by atoms with Gasteiger partial charge in [0.05, 0.1) is 11.0 Å². The van der Waals surface area contributed by atoms with Crippen LogP contribution >= 0.6 is 0 Å². The van der Waals surface area contributed by atoms with Crippen molar-refractivity contribution in [3.63, 3.8) is 0 Å². The third-order valence-electron chi connectivity index (χ3n) is 7.55. The average molecular weight is 470 g/mol. The first-order valence-corrected chi connectivity index (χ1v) is 12.2. The van der Waals surface area contributed by atoms with Gasteiger partial charge in [-0.3, -0.25) is 34.6 Å². The van der Waals surface area contributed by atoms with E-state index in [0.29, 0.717) is 24.4 Å². The van der Waals surface area contributed by atoms with Crippen LogP contribution in [0.4, 0.5) is 0 Å². The molecule has 3 aromatic rings. The van der Waals surface area contributed by atoms with Gasteiger partial charge in [-0.1, -0.05) is 18.2 Å². The summed E-state index contributed by atoms with van der Waals surface area (Å²) in [6.07, 6.45) is 6.24. The standard InChI is InChI=1S/C27H27N5O3/c33-25-6-5-24(26(34)30-25)32-16-20-14-19(2-3-21(20)27(32)35)18-7-11-31(12-8-18)15-17-1-4-22-23(13-17)29-10-9-28-22/h1-4,9-10,13-14,18,24H,5-8,11-12,15-16H2,(H,30,33,34). The van der Waals surface area contributed by atoms with E-state index in [2.05, 4.69) is 44.5 Å². The van der Waals surface area contributed by atoms with Crippen LogP contribution in [0.3, 0.4) is 0 Å². The summed E-state index contributed by atoms with van der Waals surface area (Å²) in [7, 11) is 0. The lowest BCUT2D eigenvalue weighted by Gasteiger charge is -2.32. The van der Waals surface area contributed by atoms with Crippen LogP contribution < -0.4 is 5.32 Å². The lowest BCUT2D eigenvalue weighted by atomic mass is 9.87. The molecule has 8 heteroatoms. The van der Waals surface area contributed by atoms with E-state index in [4.69, 9.17) is 0 Å². The largest absolute Gasteiger partial charge is 0.322 e. The molecule has 0 saturated carbocycles. The number of carbonyl (C=O) groups excluding carboxylic acids is 3. The second-order valence-electron chi connectivity index (χ2n) is 9.75. The van der Waals surface area contributed by atoms with Crippen molar-refractivity contribution in [2.75, 3.05) is 13.1 Å². The van der Waals surface area contributed by atoms with Gasteiger partial charge in [-0.25, -0.2) is 0 Å². The molecule has 0 radical (unpaired) electrons. The summed E-state index contributed by atoms with van der Waals surface area (Å²) in [6.45, 7) is 3.36. The molecular formula is C27H27N5O3. The summed E-state index contributed by atoms with van der Waals surface area (Å²) in [5.41, 5.74) is 6.02. The fraction of sp³-hybridized carbons (Fsp3) is 0.370. The number of fused-ring (bicyclic) bond motifs is 2. The molecule has 0 bridgehead atoms. The number of amides is 3. The number of imide groups is 1. The van der Waals surface area contributed by atoms with Crippen molar-refractivity contribution >= 4 is 28.8 Å². The van der Waals surface area contributed by atoms with E-state index in [9.17, 15) is 14.4 Å². The summed E-state index contributed by atoms with van der Waals surface area (Å²) in [6, 6.07) is 11.9. The lowest BCUT2D eigenvalue weighted by Crippen LogP contribution is -2.52. The minimum absolute atomic E-state index is 0.115. The molecule has 1 N–H and O–H groups in total. The number of aromatic nitrogens is 2. The number of rotatable bonds is 4. The van der Waals surface area contributed by atoms with Crippen molar-refractivity contribution in [3.05, 3.63) is 71.0 Å². The SMILES string of the molecule is O=C1CCC(N2Cc3cc(C4CCN(Cc5ccc6nccnc6c5)CC4)ccc3C2=O)C(=O)N1. The second kappa shape index (κ2) is 8.85. The predicted octanol–water partition coefficient (Wildman–Crippen LogP) is 2.77. The Labute approximate surface area is 203 Å². The fourth-order valence-electron chi connectivity index (χ4n) is 5.64. The van der Waals surface area contributed by atoms with Gasteiger partial charge in [0, 0.05) is 37.5 Å². The maximum absolute atomic E-state index is 13.0. The first kappa shape index (κ1) is 21.9. The zero-order valence-corrected chi connectivity index (χ0v) is 19.4. The van der Waals surface area contributed by atoms with Crippen molar-refractivity contribution in [3.8, 4) is 0 Å². The number of nitrogens with one attached hydrogen (secondary N) is 1. The van der Waals surface area contributed by atoms with E-state index in [1.165, 1.54) is 11.1 Å². The molecule has 1 unspecified atom stereocenters. The summed E-state index contributed by atoms with van der Waals surface area (Å²) >= 11 is 0. The Morgan fingerprint density at radius 1 is 0.914 bits per heavy atom. The molecule has 2 saturated heterocycles. The lowest BCUT2D eigenvalue weighted by molar-refractivity contribution is -0.136. The maximum atomic E-state index is 13.0. The summed E-state index contributed by atoms with van der Waals surface area (Å²) in [5.74, 6) is -0.290. The van der Waals surface area contributed by atoms with E-state index in [0.717, 1.165) is 49.1 Å². The summed E-state index contributed by atoms with van der Waals surface area (Å²) in [5, 5.41) is 2.36. The smallest absolute Gasteiger partial charge is 0.255 e. The summed E-state index contributed by atoms with van der Waals surface area (Å²) in [4.78, 5) is 49.6. The minimum Gasteiger partial charge on any atom is -0.322 e. The summed E-state index contributed by atoms with van der Waals surface area (Å²) < 4.78 is 0. The van der Waals surface area contributed by atoms with Crippen LogP contribution in [0, 0.1) is 0 Å². The number of benzene rings is 2. The Kier molecular flexibility index (Phi) is 5.53. The number of piperidine rings is 2. The minimum atomic E-state index is -0.569. The Morgan fingerprint density at radius 3 is 2.51 bits per heavy atom. The normalized spacial score (nSPS) is 21.4. The highest BCUT2D eigenvalue weighted by atomic mass is 16.2. The molecule has 35 heavy (non-hydrogen) atoms. The van der Waals surface area contributed by atoms with Gasteiger partial charge in [-0.15, -0.1) is 0 Å². The van der Waals surface area contributed by atoms with Crippen LogP contribution in [0.25, 0.3) is 11.0 Å². The molecule has 4 heterocycles. The van der Waals surface area contributed by atoms with Crippen LogP contribution in [0.5, 0.6) is 0 Å². The monoisotopic (exact) mass is 469 g/mol. The topological polar surface area (TPSA) is 95.5 Å². The van der Waals surface area contributed by atoms with Crippen molar-refractivity contribution in [1.29, 1.82) is 0 Å². The van der Waals surface area contributed by atoms with Gasteiger partial charge in [0.15, 0.2) is 0 Å². The molecule has 2 fully saturated rings. The highest BCUT2D eigenvalue weighted by Crippen LogP contribution is 2.34. The fourth-order valence-corrected chi connectivity index (χ4v) is 5.64. The molecule has 8 nitrogen and oxygen atoms in total. The van der Waals surface area contributed by atoms with E-state index in [-0.39, 0.29) is 24.1 Å². The molecule has 3 amide bonds. The Bertz CT molecular complexity index is 1330. The van der Waals surface area contributed by atoms with Gasteiger partial charge in [0.2, 0.25) is 11.8 Å². The Balaban J connectivity index is 1.10. The van der Waals surface area contributed by atoms with Crippen LogP contribution in [-0.4, -0.2) is 56.6 Å². The number of carbonyl (C=O) groups is 3. The van der Waals surface area contributed by atoms with Crippen molar-refractivity contribution in [1.82, 2.24) is 25.1 Å². The van der Waals surface area contributed by atoms with Crippen molar-refractivity contribution in [2.45, 2.75) is 50.7 Å². The van der Waals surface area contributed by atoms with Gasteiger partial charge in [-0.2, -0.15) is 0 Å². The van der Waals surface area contributed by atoms with Gasteiger partial charge < -0.3 is 4.90 Å². The van der Waals surface area contributed by atoms with E-state index in [1.807, 2.05) is 12.1 Å². The molecule has 2 aromatic carbocycles. The predicted molar refractivity (Wildman–Crippen MR) is 129 cm³/mol. The van der Waals surface area contributed by atoms with Gasteiger partial charge in [0.25, 0.3) is 5.91 Å². The molecule has 3 aliphatic heterocycles. The van der Waals surface area contributed by atoms with Gasteiger partial charge in [0.1, 0.15) is 6.04 Å². The first-order chi connectivity index (χ1) is 17.0.